The van der Waals surface area contributed by atoms with E-state index in [9.17, 15) is 0 Å². The molecule has 2 aromatic carbocycles. The van der Waals surface area contributed by atoms with E-state index in [1.54, 1.807) is 25.6 Å². The van der Waals surface area contributed by atoms with Crippen LogP contribution in [0.4, 0.5) is 0 Å². The molecule has 0 N–H and O–H groups in total. The van der Waals surface area contributed by atoms with E-state index in [1.807, 2.05) is 42.5 Å². The van der Waals surface area contributed by atoms with Gasteiger partial charge in [0.15, 0.2) is 11.5 Å². The Balaban J connectivity index is 1.75. The molecule has 0 atom stereocenters. The van der Waals surface area contributed by atoms with Gasteiger partial charge in [-0.25, -0.2) is 4.98 Å². The predicted octanol–water partition coefficient (Wildman–Crippen LogP) is 5.11. The molecule has 0 amide bonds. The summed E-state index contributed by atoms with van der Waals surface area (Å²) < 4.78 is 10.9. The van der Waals surface area contributed by atoms with Crippen LogP contribution in [0.15, 0.2) is 47.8 Å². The SMILES string of the molecule is COc1cccc(-c2nc(CN(C)Cc3ccccc3Cl)cs2)c1OC. The molecule has 26 heavy (non-hydrogen) atoms. The van der Waals surface area contributed by atoms with Crippen LogP contribution in [0.5, 0.6) is 11.5 Å². The van der Waals surface area contributed by atoms with Crippen LogP contribution in [0.25, 0.3) is 10.6 Å². The van der Waals surface area contributed by atoms with Crippen LogP contribution in [0.1, 0.15) is 11.3 Å². The zero-order chi connectivity index (χ0) is 18.5. The molecule has 0 aliphatic carbocycles. The second-order valence-corrected chi connectivity index (χ2v) is 7.21. The van der Waals surface area contributed by atoms with Crippen molar-refractivity contribution in [2.45, 2.75) is 13.1 Å². The minimum absolute atomic E-state index is 0.706. The molecular formula is C20H21ClN2O2S. The Bertz CT molecular complexity index is 882. The number of aromatic nitrogens is 1. The summed E-state index contributed by atoms with van der Waals surface area (Å²) in [6, 6.07) is 13.7. The molecule has 3 aromatic rings. The molecule has 0 fully saturated rings. The maximum atomic E-state index is 6.25. The topological polar surface area (TPSA) is 34.6 Å². The molecular weight excluding hydrogens is 368 g/mol. The first-order valence-electron chi connectivity index (χ1n) is 8.20. The summed E-state index contributed by atoms with van der Waals surface area (Å²) >= 11 is 7.85. The van der Waals surface area contributed by atoms with Crippen LogP contribution >= 0.6 is 22.9 Å². The Hall–Kier alpha value is -2.08. The summed E-state index contributed by atoms with van der Waals surface area (Å²) in [4.78, 5) is 6.97. The highest BCUT2D eigenvalue weighted by atomic mass is 35.5. The number of thiazole rings is 1. The van der Waals surface area contributed by atoms with Gasteiger partial charge in [0, 0.05) is 23.5 Å². The van der Waals surface area contributed by atoms with Crippen LogP contribution < -0.4 is 9.47 Å². The fourth-order valence-corrected chi connectivity index (χ4v) is 3.84. The average molecular weight is 389 g/mol. The first-order chi connectivity index (χ1) is 12.6. The Morgan fingerprint density at radius 3 is 2.58 bits per heavy atom. The monoisotopic (exact) mass is 388 g/mol. The van der Waals surface area contributed by atoms with Crippen molar-refractivity contribution < 1.29 is 9.47 Å². The highest BCUT2D eigenvalue weighted by Crippen LogP contribution is 2.39. The summed E-state index contributed by atoms with van der Waals surface area (Å²) in [6.07, 6.45) is 0. The summed E-state index contributed by atoms with van der Waals surface area (Å²) in [6.45, 7) is 1.52. The van der Waals surface area contributed by atoms with Crippen molar-refractivity contribution in [3.63, 3.8) is 0 Å². The Morgan fingerprint density at radius 1 is 1.04 bits per heavy atom. The third kappa shape index (κ3) is 4.18. The zero-order valence-electron chi connectivity index (χ0n) is 15.0. The number of para-hydroxylation sites is 1. The fraction of sp³-hybridized carbons (Fsp3) is 0.250. The minimum atomic E-state index is 0.706. The average Bonchev–Trinajstić information content (AvgIpc) is 3.11. The van der Waals surface area contributed by atoms with Crippen molar-refractivity contribution >= 4 is 22.9 Å². The first-order valence-corrected chi connectivity index (χ1v) is 9.46. The van der Waals surface area contributed by atoms with Gasteiger partial charge in [0.2, 0.25) is 0 Å². The number of nitrogens with zero attached hydrogens (tertiary/aromatic N) is 2. The molecule has 0 aliphatic rings. The van der Waals surface area contributed by atoms with Gasteiger partial charge < -0.3 is 9.47 Å². The van der Waals surface area contributed by atoms with Gasteiger partial charge in [-0.1, -0.05) is 35.9 Å². The Labute approximate surface area is 163 Å². The zero-order valence-corrected chi connectivity index (χ0v) is 16.6. The predicted molar refractivity (Wildman–Crippen MR) is 107 cm³/mol. The number of hydrogen-bond acceptors (Lipinski definition) is 5. The number of rotatable bonds is 7. The highest BCUT2D eigenvalue weighted by Gasteiger charge is 2.15. The lowest BCUT2D eigenvalue weighted by molar-refractivity contribution is 0.316. The minimum Gasteiger partial charge on any atom is -0.493 e. The van der Waals surface area contributed by atoms with E-state index in [1.165, 1.54) is 0 Å². The molecule has 0 saturated heterocycles. The van der Waals surface area contributed by atoms with Crippen LogP contribution in [-0.4, -0.2) is 31.2 Å². The molecule has 0 radical (unpaired) electrons. The van der Waals surface area contributed by atoms with Crippen molar-refractivity contribution in [1.82, 2.24) is 9.88 Å². The second kappa shape index (κ2) is 8.54. The van der Waals surface area contributed by atoms with Gasteiger partial charge in [-0.15, -0.1) is 11.3 Å². The standard InChI is InChI=1S/C20H21ClN2O2S/c1-23(11-14-7-4-5-9-17(14)21)12-15-13-26-20(22-15)16-8-6-10-18(24-2)19(16)25-3/h4-10,13H,11-12H2,1-3H3. The molecule has 1 heterocycles. The summed E-state index contributed by atoms with van der Waals surface area (Å²) in [5, 5.41) is 3.79. The molecule has 136 valence electrons. The lowest BCUT2D eigenvalue weighted by Gasteiger charge is -2.16. The van der Waals surface area contributed by atoms with E-state index >= 15 is 0 Å². The smallest absolute Gasteiger partial charge is 0.170 e. The molecule has 0 bridgehead atoms. The molecule has 3 rings (SSSR count). The number of ether oxygens (including phenoxy) is 2. The summed E-state index contributed by atoms with van der Waals surface area (Å²) in [7, 11) is 5.35. The van der Waals surface area contributed by atoms with Gasteiger partial charge in [-0.3, -0.25) is 4.90 Å². The third-order valence-corrected chi connectivity index (χ3v) is 5.31. The molecule has 6 heteroatoms. The summed E-state index contributed by atoms with van der Waals surface area (Å²) in [5.41, 5.74) is 3.07. The maximum absolute atomic E-state index is 6.25. The fourth-order valence-electron chi connectivity index (χ4n) is 2.81. The molecule has 1 aromatic heterocycles. The summed E-state index contributed by atoms with van der Waals surface area (Å²) in [5.74, 6) is 1.41. The number of benzene rings is 2. The maximum Gasteiger partial charge on any atom is 0.170 e. The van der Waals surface area contributed by atoms with Gasteiger partial charge in [-0.05, 0) is 30.8 Å². The first kappa shape index (κ1) is 18.7. The van der Waals surface area contributed by atoms with E-state index in [0.717, 1.165) is 39.9 Å². The van der Waals surface area contributed by atoms with Crippen LogP contribution in [-0.2, 0) is 13.1 Å². The second-order valence-electron chi connectivity index (χ2n) is 5.95. The van der Waals surface area contributed by atoms with E-state index in [2.05, 4.69) is 17.3 Å². The molecule has 0 saturated carbocycles. The van der Waals surface area contributed by atoms with Crippen LogP contribution in [0.2, 0.25) is 5.02 Å². The lowest BCUT2D eigenvalue weighted by Crippen LogP contribution is -2.17. The number of hydrogen-bond donors (Lipinski definition) is 0. The molecule has 0 spiro atoms. The largest absolute Gasteiger partial charge is 0.493 e. The molecule has 4 nitrogen and oxygen atoms in total. The molecule has 0 aliphatic heterocycles. The van der Waals surface area contributed by atoms with Gasteiger partial charge in [0.25, 0.3) is 0 Å². The van der Waals surface area contributed by atoms with Crippen molar-refractivity contribution in [2.75, 3.05) is 21.3 Å². The van der Waals surface area contributed by atoms with Crippen LogP contribution in [0, 0.1) is 0 Å². The quantitative estimate of drug-likeness (QED) is 0.563. The van der Waals surface area contributed by atoms with Crippen molar-refractivity contribution in [2.24, 2.45) is 0 Å². The van der Waals surface area contributed by atoms with E-state index in [0.29, 0.717) is 11.5 Å². The van der Waals surface area contributed by atoms with Crippen molar-refractivity contribution in [3.05, 3.63) is 64.1 Å². The van der Waals surface area contributed by atoms with E-state index in [-0.39, 0.29) is 0 Å². The normalized spacial score (nSPS) is 11.0. The van der Waals surface area contributed by atoms with Gasteiger partial charge in [0.1, 0.15) is 5.01 Å². The van der Waals surface area contributed by atoms with Gasteiger partial charge >= 0.3 is 0 Å². The van der Waals surface area contributed by atoms with Gasteiger partial charge in [-0.2, -0.15) is 0 Å². The van der Waals surface area contributed by atoms with Gasteiger partial charge in [0.05, 0.1) is 25.5 Å². The Kier molecular flexibility index (Phi) is 6.14. The van der Waals surface area contributed by atoms with Crippen LogP contribution in [0.3, 0.4) is 0 Å². The molecule has 0 unspecified atom stereocenters. The van der Waals surface area contributed by atoms with E-state index in [4.69, 9.17) is 26.1 Å². The highest BCUT2D eigenvalue weighted by molar-refractivity contribution is 7.13. The van der Waals surface area contributed by atoms with Crippen molar-refractivity contribution in [3.8, 4) is 22.1 Å². The van der Waals surface area contributed by atoms with E-state index < -0.39 is 0 Å². The number of methoxy groups -OCH3 is 2. The number of halogens is 1. The van der Waals surface area contributed by atoms with Crippen molar-refractivity contribution in [1.29, 1.82) is 0 Å². The Morgan fingerprint density at radius 2 is 1.85 bits per heavy atom. The third-order valence-electron chi connectivity index (χ3n) is 4.02. The lowest BCUT2D eigenvalue weighted by atomic mass is 10.2.